The van der Waals surface area contributed by atoms with Crippen molar-refractivity contribution in [2.45, 2.75) is 45.2 Å². The maximum atomic E-state index is 3.67. The van der Waals surface area contributed by atoms with E-state index in [4.69, 9.17) is 0 Å². The average molecular weight is 288 g/mol. The molecule has 0 amide bonds. The summed E-state index contributed by atoms with van der Waals surface area (Å²) in [6.45, 7) is 3.35. The normalized spacial score (nSPS) is 26.0. The van der Waals surface area contributed by atoms with Crippen molar-refractivity contribution in [3.8, 4) is 0 Å². The van der Waals surface area contributed by atoms with E-state index in [1.807, 2.05) is 11.3 Å². The molecular formula is C12H18BrNS. The minimum absolute atomic E-state index is 0.760. The average Bonchev–Trinajstić information content (AvgIpc) is 2.83. The van der Waals surface area contributed by atoms with Crippen molar-refractivity contribution in [3.63, 3.8) is 0 Å². The first-order valence-corrected chi connectivity index (χ1v) is 7.36. The van der Waals surface area contributed by atoms with Crippen molar-refractivity contribution in [1.29, 1.82) is 0 Å². The monoisotopic (exact) mass is 287 g/mol. The smallest absolute Gasteiger partial charge is 0.0701 e. The summed E-state index contributed by atoms with van der Waals surface area (Å²) in [6.07, 6.45) is 5.51. The summed E-state index contributed by atoms with van der Waals surface area (Å²) in [6, 6.07) is 5.09. The van der Waals surface area contributed by atoms with Gasteiger partial charge in [0.15, 0.2) is 0 Å². The summed E-state index contributed by atoms with van der Waals surface area (Å²) >= 11 is 5.33. The lowest BCUT2D eigenvalue weighted by Crippen LogP contribution is -2.25. The Hall–Kier alpha value is 0.140. The van der Waals surface area contributed by atoms with Crippen LogP contribution in [0.3, 0.4) is 0 Å². The molecule has 0 bridgehead atoms. The van der Waals surface area contributed by atoms with Gasteiger partial charge in [0, 0.05) is 17.5 Å². The van der Waals surface area contributed by atoms with Gasteiger partial charge < -0.3 is 5.32 Å². The summed E-state index contributed by atoms with van der Waals surface area (Å²) in [5, 5.41) is 3.67. The van der Waals surface area contributed by atoms with Gasteiger partial charge >= 0.3 is 0 Å². The lowest BCUT2D eigenvalue weighted by atomic mass is 10.1. The Labute approximate surface area is 104 Å². The molecule has 0 spiro atoms. The van der Waals surface area contributed by atoms with Gasteiger partial charge in [-0.3, -0.25) is 0 Å². The third kappa shape index (κ3) is 3.30. The van der Waals surface area contributed by atoms with Crippen molar-refractivity contribution in [2.75, 3.05) is 0 Å². The topological polar surface area (TPSA) is 12.0 Å². The molecule has 2 atom stereocenters. The van der Waals surface area contributed by atoms with Crippen LogP contribution < -0.4 is 5.32 Å². The molecular weight excluding hydrogens is 270 g/mol. The minimum Gasteiger partial charge on any atom is -0.309 e. The number of hydrogen-bond acceptors (Lipinski definition) is 2. The lowest BCUT2D eigenvalue weighted by Gasteiger charge is -2.11. The molecule has 1 nitrogen and oxygen atoms in total. The first-order chi connectivity index (χ1) is 7.28. The molecule has 0 saturated heterocycles. The maximum Gasteiger partial charge on any atom is 0.0701 e. The molecule has 0 radical (unpaired) electrons. The van der Waals surface area contributed by atoms with E-state index in [1.165, 1.54) is 34.3 Å². The number of rotatable bonds is 4. The molecule has 1 fully saturated rings. The first-order valence-electron chi connectivity index (χ1n) is 5.75. The first kappa shape index (κ1) is 11.6. The van der Waals surface area contributed by atoms with Gasteiger partial charge in [0.2, 0.25) is 0 Å². The minimum atomic E-state index is 0.760. The molecule has 0 aromatic carbocycles. The molecule has 1 aromatic heterocycles. The van der Waals surface area contributed by atoms with Crippen molar-refractivity contribution in [3.05, 3.63) is 20.8 Å². The van der Waals surface area contributed by atoms with E-state index in [9.17, 15) is 0 Å². The number of thiophene rings is 1. The van der Waals surface area contributed by atoms with Gasteiger partial charge in [0.1, 0.15) is 0 Å². The Bertz CT molecular complexity index is 310. The Morgan fingerprint density at radius 1 is 1.47 bits per heavy atom. The molecule has 84 valence electrons. The molecule has 3 heteroatoms. The van der Waals surface area contributed by atoms with E-state index in [1.54, 1.807) is 0 Å². The summed E-state index contributed by atoms with van der Waals surface area (Å²) in [5.41, 5.74) is 0. The summed E-state index contributed by atoms with van der Waals surface area (Å²) in [4.78, 5) is 1.43. The Morgan fingerprint density at radius 2 is 2.33 bits per heavy atom. The molecule has 1 aliphatic carbocycles. The molecule has 1 aromatic rings. The standard InChI is InChI=1S/C12H18BrNS/c1-2-9-3-4-10(7-9)14-8-11-5-6-12(13)15-11/h5-6,9-10,14H,2-4,7-8H2,1H3. The van der Waals surface area contributed by atoms with Crippen LogP contribution in [0.25, 0.3) is 0 Å². The molecule has 2 rings (SSSR count). The lowest BCUT2D eigenvalue weighted by molar-refractivity contribution is 0.478. The SMILES string of the molecule is CCC1CCC(NCc2ccc(Br)s2)C1. The van der Waals surface area contributed by atoms with Gasteiger partial charge in [-0.15, -0.1) is 11.3 Å². The van der Waals surface area contributed by atoms with E-state index in [0.29, 0.717) is 0 Å². The van der Waals surface area contributed by atoms with Crippen LogP contribution in [-0.2, 0) is 6.54 Å². The summed E-state index contributed by atoms with van der Waals surface area (Å²) in [5.74, 6) is 0.970. The number of nitrogens with one attached hydrogen (secondary N) is 1. The van der Waals surface area contributed by atoms with Gasteiger partial charge in [-0.25, -0.2) is 0 Å². The largest absolute Gasteiger partial charge is 0.309 e. The van der Waals surface area contributed by atoms with Crippen LogP contribution in [0.2, 0.25) is 0 Å². The zero-order valence-corrected chi connectivity index (χ0v) is 11.5. The van der Waals surface area contributed by atoms with Gasteiger partial charge in [0.05, 0.1) is 3.79 Å². The highest BCUT2D eigenvalue weighted by Crippen LogP contribution is 2.28. The van der Waals surface area contributed by atoms with Gasteiger partial charge in [0.25, 0.3) is 0 Å². The van der Waals surface area contributed by atoms with Crippen LogP contribution >= 0.6 is 27.3 Å². The Kier molecular flexibility index (Phi) is 4.23. The molecule has 2 unspecified atom stereocenters. The molecule has 1 heterocycles. The number of halogens is 1. The second-order valence-corrected chi connectivity index (χ2v) is 6.92. The fourth-order valence-electron chi connectivity index (χ4n) is 2.32. The Balaban J connectivity index is 1.75. The fraction of sp³-hybridized carbons (Fsp3) is 0.667. The number of hydrogen-bond donors (Lipinski definition) is 1. The third-order valence-electron chi connectivity index (χ3n) is 3.31. The van der Waals surface area contributed by atoms with Gasteiger partial charge in [-0.1, -0.05) is 13.3 Å². The van der Waals surface area contributed by atoms with E-state index in [2.05, 4.69) is 40.3 Å². The van der Waals surface area contributed by atoms with Crippen molar-refractivity contribution in [1.82, 2.24) is 5.32 Å². The molecule has 15 heavy (non-hydrogen) atoms. The second kappa shape index (κ2) is 5.46. The molecule has 1 N–H and O–H groups in total. The van der Waals surface area contributed by atoms with E-state index in [0.717, 1.165) is 18.5 Å². The van der Waals surface area contributed by atoms with Crippen LogP contribution in [0.15, 0.2) is 15.9 Å². The van der Waals surface area contributed by atoms with Crippen LogP contribution in [-0.4, -0.2) is 6.04 Å². The quantitative estimate of drug-likeness (QED) is 0.876. The van der Waals surface area contributed by atoms with E-state index in [-0.39, 0.29) is 0 Å². The summed E-state index contributed by atoms with van der Waals surface area (Å²) < 4.78 is 1.23. The van der Waals surface area contributed by atoms with E-state index < -0.39 is 0 Å². The van der Waals surface area contributed by atoms with Crippen LogP contribution in [0.1, 0.15) is 37.5 Å². The predicted molar refractivity (Wildman–Crippen MR) is 70.3 cm³/mol. The highest BCUT2D eigenvalue weighted by molar-refractivity contribution is 9.11. The van der Waals surface area contributed by atoms with Crippen LogP contribution in [0, 0.1) is 5.92 Å². The van der Waals surface area contributed by atoms with Crippen molar-refractivity contribution >= 4 is 27.3 Å². The van der Waals surface area contributed by atoms with Crippen LogP contribution in [0.5, 0.6) is 0 Å². The van der Waals surface area contributed by atoms with Gasteiger partial charge in [-0.2, -0.15) is 0 Å². The zero-order valence-electron chi connectivity index (χ0n) is 9.13. The fourth-order valence-corrected chi connectivity index (χ4v) is 3.76. The summed E-state index contributed by atoms with van der Waals surface area (Å²) in [7, 11) is 0. The van der Waals surface area contributed by atoms with Crippen molar-refractivity contribution < 1.29 is 0 Å². The molecule has 0 aliphatic heterocycles. The van der Waals surface area contributed by atoms with E-state index >= 15 is 0 Å². The zero-order chi connectivity index (χ0) is 10.7. The van der Waals surface area contributed by atoms with Gasteiger partial charge in [-0.05, 0) is 53.2 Å². The Morgan fingerprint density at radius 3 is 2.93 bits per heavy atom. The highest BCUT2D eigenvalue weighted by Gasteiger charge is 2.22. The third-order valence-corrected chi connectivity index (χ3v) is 4.94. The maximum absolute atomic E-state index is 3.67. The van der Waals surface area contributed by atoms with Crippen molar-refractivity contribution in [2.24, 2.45) is 5.92 Å². The highest BCUT2D eigenvalue weighted by atomic mass is 79.9. The second-order valence-electron chi connectivity index (χ2n) is 4.37. The molecule has 1 aliphatic rings. The molecule has 1 saturated carbocycles. The predicted octanol–water partition coefficient (Wildman–Crippen LogP) is 4.18. The van der Waals surface area contributed by atoms with Crippen LogP contribution in [0.4, 0.5) is 0 Å².